The number of unbranched alkanes of at least 4 members (excludes halogenated alkanes) is 10. The molecule has 0 saturated carbocycles. The quantitative estimate of drug-likeness (QED) is 0.0413. The molecule has 2 unspecified atom stereocenters. The van der Waals surface area contributed by atoms with Crippen LogP contribution in [-0.2, 0) is 19.2 Å². The fourth-order valence-corrected chi connectivity index (χ4v) is 4.87. The van der Waals surface area contributed by atoms with E-state index >= 15 is 0 Å². The number of carboxylic acid groups (broad SMARTS) is 4. The Balaban J connectivity index is -0.000000727. The number of hydrogen-bond acceptors (Lipinski definition) is 8. The van der Waals surface area contributed by atoms with E-state index in [2.05, 4.69) is 13.8 Å². The van der Waals surface area contributed by atoms with Gasteiger partial charge in [0, 0.05) is 24.8 Å². The van der Waals surface area contributed by atoms with Crippen LogP contribution >= 0.6 is 0 Å². The van der Waals surface area contributed by atoms with E-state index in [4.69, 9.17) is 10.2 Å². The topological polar surface area (TPSA) is 195 Å². The van der Waals surface area contributed by atoms with Crippen LogP contribution in [-0.4, -0.2) is 144 Å². The molecule has 0 spiro atoms. The number of aliphatic hydroxyl groups excluding tert-OH is 2. The summed E-state index contributed by atoms with van der Waals surface area (Å²) in [6, 6.07) is 0. The average Bonchev–Trinajstić information content (AvgIpc) is 2.95. The molecule has 0 heterocycles. The minimum Gasteiger partial charge on any atom is -0.550 e. The molecule has 13 heteroatoms. The van der Waals surface area contributed by atoms with Gasteiger partial charge in [0.1, 0.15) is 0 Å². The third kappa shape index (κ3) is 28.2. The summed E-state index contributed by atoms with van der Waals surface area (Å²) in [5.74, 6) is -4.18. The Morgan fingerprint density at radius 2 is 0.767 bits per heavy atom. The normalized spacial score (nSPS) is 13.5. The van der Waals surface area contributed by atoms with E-state index in [-0.39, 0.29) is 112 Å². The number of quaternary nitrogens is 2. The summed E-state index contributed by atoms with van der Waals surface area (Å²) < 4.78 is 0.266. The molecule has 0 amide bonds. The number of aliphatic hydroxyl groups is 2. The minimum absolute atomic E-state index is 0. The Labute approximate surface area is 288 Å². The largest absolute Gasteiger partial charge is 2.00 e. The van der Waals surface area contributed by atoms with Gasteiger partial charge in [-0.05, 0) is 25.7 Å². The molecule has 12 nitrogen and oxygen atoms in total. The first-order valence-corrected chi connectivity index (χ1v) is 15.7. The van der Waals surface area contributed by atoms with Gasteiger partial charge in [-0.2, -0.15) is 0 Å². The van der Waals surface area contributed by atoms with Gasteiger partial charge in [-0.3, -0.25) is 9.59 Å². The van der Waals surface area contributed by atoms with Crippen LogP contribution in [0.3, 0.4) is 0 Å². The summed E-state index contributed by atoms with van der Waals surface area (Å²) in [5.41, 5.74) is 0. The number of nitrogens with zero attached hydrogens (tertiary/aromatic N) is 2. The zero-order valence-corrected chi connectivity index (χ0v) is 29.0. The van der Waals surface area contributed by atoms with Crippen LogP contribution in [0.2, 0.25) is 0 Å². The second-order valence-corrected chi connectivity index (χ2v) is 11.4. The summed E-state index contributed by atoms with van der Waals surface area (Å²) in [6.45, 7) is 6.04. The molecule has 0 aromatic carbocycles. The fourth-order valence-electron chi connectivity index (χ4n) is 4.87. The maximum atomic E-state index is 10.7. The first-order valence-electron chi connectivity index (χ1n) is 15.7. The SMILES string of the molecule is CCCCCCCC[N+](CO)(CCC(=O)[O-])CCC(=O)O.CCCCCCCC[N+](CO)(CCC(=O)[O-])CCC(=O)O.[Ca+2]. The van der Waals surface area contributed by atoms with Gasteiger partial charge in [0.25, 0.3) is 0 Å². The van der Waals surface area contributed by atoms with Gasteiger partial charge in [-0.1, -0.05) is 65.2 Å². The van der Waals surface area contributed by atoms with E-state index in [0.29, 0.717) is 13.1 Å². The molecule has 0 fully saturated rings. The standard InChI is InChI=1S/2C15H29NO5.Ca/c2*1-2-3-4-5-6-7-10-16(13-17,11-8-14(18)19)12-9-15(20)21;/h2*17H,2-13H2,1H3,(H-,18,19,20,21);/q;;+2. The van der Waals surface area contributed by atoms with Crippen LogP contribution < -0.4 is 10.2 Å². The van der Waals surface area contributed by atoms with E-state index in [1.165, 1.54) is 38.5 Å². The molecule has 0 aliphatic carbocycles. The van der Waals surface area contributed by atoms with Crippen LogP contribution in [0, 0.1) is 0 Å². The predicted octanol–water partition coefficient (Wildman–Crippen LogP) is 1.08. The van der Waals surface area contributed by atoms with E-state index in [0.717, 1.165) is 38.5 Å². The molecule has 0 aromatic heterocycles. The van der Waals surface area contributed by atoms with Gasteiger partial charge >= 0.3 is 49.7 Å². The Morgan fingerprint density at radius 1 is 0.488 bits per heavy atom. The Kier molecular flexibility index (Phi) is 32.0. The Hall–Kier alpha value is -1.02. The number of rotatable bonds is 28. The van der Waals surface area contributed by atoms with Crippen LogP contribution in [0.1, 0.15) is 117 Å². The van der Waals surface area contributed by atoms with Crippen molar-refractivity contribution in [3.63, 3.8) is 0 Å². The maximum absolute atomic E-state index is 10.7. The van der Waals surface area contributed by atoms with Crippen molar-refractivity contribution in [3.05, 3.63) is 0 Å². The van der Waals surface area contributed by atoms with E-state index in [1.54, 1.807) is 0 Å². The van der Waals surface area contributed by atoms with Crippen LogP contribution in [0.15, 0.2) is 0 Å². The van der Waals surface area contributed by atoms with Crippen molar-refractivity contribution >= 4 is 61.6 Å². The summed E-state index contributed by atoms with van der Waals surface area (Å²) in [5, 5.41) is 58.1. The molecule has 4 N–H and O–H groups in total. The molecule has 0 aliphatic heterocycles. The van der Waals surface area contributed by atoms with E-state index < -0.39 is 23.9 Å². The van der Waals surface area contributed by atoms with Crippen molar-refractivity contribution < 1.29 is 58.8 Å². The third-order valence-electron chi connectivity index (χ3n) is 7.75. The number of carbonyl (C=O) groups is 4. The zero-order chi connectivity index (χ0) is 32.3. The summed E-state index contributed by atoms with van der Waals surface area (Å²) in [4.78, 5) is 42.7. The fraction of sp³-hybridized carbons (Fsp3) is 0.867. The molecule has 0 bridgehead atoms. The van der Waals surface area contributed by atoms with Crippen molar-refractivity contribution in [2.24, 2.45) is 0 Å². The van der Waals surface area contributed by atoms with Crippen molar-refractivity contribution in [1.29, 1.82) is 0 Å². The van der Waals surface area contributed by atoms with Crippen LogP contribution in [0.4, 0.5) is 0 Å². The van der Waals surface area contributed by atoms with Gasteiger partial charge in [0.15, 0.2) is 13.5 Å². The van der Waals surface area contributed by atoms with Gasteiger partial charge in [-0.25, -0.2) is 0 Å². The molecule has 2 atom stereocenters. The summed E-state index contributed by atoms with van der Waals surface area (Å²) in [7, 11) is 0. The number of carbonyl (C=O) groups excluding carboxylic acids is 2. The van der Waals surface area contributed by atoms with E-state index in [1.807, 2.05) is 0 Å². The molecule has 0 saturated heterocycles. The van der Waals surface area contributed by atoms with Crippen LogP contribution in [0.25, 0.3) is 0 Å². The smallest absolute Gasteiger partial charge is 0.550 e. The molecular weight excluding hydrogens is 588 g/mol. The van der Waals surface area contributed by atoms with Crippen molar-refractivity contribution in [2.45, 2.75) is 117 Å². The maximum Gasteiger partial charge on any atom is 2.00 e. The number of hydrogen-bond donors (Lipinski definition) is 4. The summed E-state index contributed by atoms with van der Waals surface area (Å²) >= 11 is 0. The molecule has 0 rings (SSSR count). The van der Waals surface area contributed by atoms with Crippen molar-refractivity contribution in [1.82, 2.24) is 0 Å². The Bertz CT molecular complexity index is 644. The molecule has 0 aliphatic rings. The van der Waals surface area contributed by atoms with Gasteiger partial charge in [0.2, 0.25) is 0 Å². The first-order chi connectivity index (χ1) is 19.9. The van der Waals surface area contributed by atoms with Gasteiger partial charge < -0.3 is 49.2 Å². The second kappa shape index (κ2) is 29.7. The zero-order valence-electron chi connectivity index (χ0n) is 26.8. The van der Waals surface area contributed by atoms with Crippen molar-refractivity contribution in [2.75, 3.05) is 52.7 Å². The molecule has 0 radical (unpaired) electrons. The molecule has 0 aromatic rings. The first kappa shape index (κ1) is 46.4. The number of carboxylic acids is 4. The monoisotopic (exact) mass is 646 g/mol. The second-order valence-electron chi connectivity index (χ2n) is 11.4. The van der Waals surface area contributed by atoms with Crippen molar-refractivity contribution in [3.8, 4) is 0 Å². The van der Waals surface area contributed by atoms with Crippen LogP contribution in [0.5, 0.6) is 0 Å². The van der Waals surface area contributed by atoms with E-state index in [9.17, 15) is 39.6 Å². The number of aliphatic carboxylic acids is 4. The predicted molar refractivity (Wildman–Crippen MR) is 160 cm³/mol. The minimum atomic E-state index is -1.16. The molecule has 248 valence electrons. The van der Waals surface area contributed by atoms with Gasteiger partial charge in [0.05, 0.1) is 52.1 Å². The average molecular weight is 647 g/mol. The molecule has 43 heavy (non-hydrogen) atoms. The summed E-state index contributed by atoms with van der Waals surface area (Å²) in [6.07, 6.45) is 12.8. The van der Waals surface area contributed by atoms with Gasteiger partial charge in [-0.15, -0.1) is 0 Å². The molecular formula is C30H58CaN2O10+2. The third-order valence-corrected chi connectivity index (χ3v) is 7.75. The Morgan fingerprint density at radius 3 is 1.02 bits per heavy atom.